The first-order chi connectivity index (χ1) is 18.8. The van der Waals surface area contributed by atoms with E-state index in [4.69, 9.17) is 0 Å². The van der Waals surface area contributed by atoms with E-state index in [2.05, 4.69) is 61.0 Å². The van der Waals surface area contributed by atoms with Gasteiger partial charge in [0.2, 0.25) is 0 Å². The van der Waals surface area contributed by atoms with Crippen LogP contribution in [0.4, 0.5) is 0 Å². The fourth-order valence-corrected chi connectivity index (χ4v) is 9.97. The Morgan fingerprint density at radius 1 is 0.526 bits per heavy atom. The third-order valence-corrected chi connectivity index (χ3v) is 12.2. The van der Waals surface area contributed by atoms with Gasteiger partial charge in [-0.2, -0.15) is 0 Å². The van der Waals surface area contributed by atoms with E-state index in [1.165, 1.54) is 130 Å². The second kappa shape index (κ2) is 14.3. The predicted octanol–water partition coefficient (Wildman–Crippen LogP) is 13.4. The normalized spacial score (nSPS) is 11.8. The van der Waals surface area contributed by atoms with Crippen molar-refractivity contribution in [3.63, 3.8) is 0 Å². The minimum Gasteiger partial charge on any atom is -0.143 e. The summed E-state index contributed by atoms with van der Waals surface area (Å²) in [6, 6.07) is 14.2. The highest BCUT2D eigenvalue weighted by molar-refractivity contribution is 7.27. The molecule has 0 atom stereocenters. The maximum Gasteiger partial charge on any atom is 0.0487 e. The molecule has 0 saturated carbocycles. The number of benzene rings is 1. The first-order valence-electron chi connectivity index (χ1n) is 14.9. The standard InChI is InChI=1S/C34H42S4/c1-3-5-7-9-11-13-17-25-27-23-32-28(24-31(27)37-33(25)29-19-15-21-35-29)26(18-14-12-10-8-6-4-2)34(38-32)30-20-16-22-36-30/h15-16,19-24H,3-14,17-18H2,1-2H3. The fraction of sp³-hybridized carbons (Fsp3) is 0.471. The van der Waals surface area contributed by atoms with E-state index in [9.17, 15) is 0 Å². The first kappa shape index (κ1) is 28.1. The van der Waals surface area contributed by atoms with Gasteiger partial charge in [-0.15, -0.1) is 45.3 Å². The van der Waals surface area contributed by atoms with Crippen LogP contribution in [0.2, 0.25) is 0 Å². The van der Waals surface area contributed by atoms with Gasteiger partial charge in [0.25, 0.3) is 0 Å². The lowest BCUT2D eigenvalue weighted by molar-refractivity contribution is 0.608. The van der Waals surface area contributed by atoms with Gasteiger partial charge in [-0.05, 0) is 82.6 Å². The zero-order chi connectivity index (χ0) is 26.2. The van der Waals surface area contributed by atoms with Crippen molar-refractivity contribution in [2.75, 3.05) is 0 Å². The Labute approximate surface area is 245 Å². The maximum absolute atomic E-state index is 2.57. The molecule has 202 valence electrons. The van der Waals surface area contributed by atoms with Gasteiger partial charge in [-0.3, -0.25) is 0 Å². The highest BCUT2D eigenvalue weighted by Crippen LogP contribution is 2.47. The zero-order valence-electron chi connectivity index (χ0n) is 23.2. The Bertz CT molecular complexity index is 1270. The minimum absolute atomic E-state index is 1.21. The summed E-state index contributed by atoms with van der Waals surface area (Å²) in [5.41, 5.74) is 3.21. The van der Waals surface area contributed by atoms with E-state index < -0.39 is 0 Å². The second-order valence-electron chi connectivity index (χ2n) is 10.7. The summed E-state index contributed by atoms with van der Waals surface area (Å²) in [6.07, 6.45) is 18.7. The van der Waals surface area contributed by atoms with E-state index in [0.29, 0.717) is 0 Å². The lowest BCUT2D eigenvalue weighted by Crippen LogP contribution is -1.88. The summed E-state index contributed by atoms with van der Waals surface area (Å²) in [6.45, 7) is 4.61. The summed E-state index contributed by atoms with van der Waals surface area (Å²) in [4.78, 5) is 5.94. The Hall–Kier alpha value is -1.46. The SMILES string of the molecule is CCCCCCCCc1c(-c2cccs2)sc2cc3c(CCCCCCCC)c(-c4cccs4)sc3cc12. The third-order valence-electron chi connectivity index (χ3n) is 7.75. The van der Waals surface area contributed by atoms with E-state index in [-0.39, 0.29) is 0 Å². The van der Waals surface area contributed by atoms with Crippen molar-refractivity contribution in [3.05, 3.63) is 58.3 Å². The number of fused-ring (bicyclic) bond motifs is 2. The molecule has 0 spiro atoms. The van der Waals surface area contributed by atoms with Crippen LogP contribution in [-0.2, 0) is 12.8 Å². The summed E-state index contributed by atoms with van der Waals surface area (Å²) >= 11 is 7.88. The van der Waals surface area contributed by atoms with Gasteiger partial charge < -0.3 is 0 Å². The van der Waals surface area contributed by atoms with E-state index in [0.717, 1.165) is 0 Å². The van der Waals surface area contributed by atoms with Gasteiger partial charge in [0, 0.05) is 28.9 Å². The largest absolute Gasteiger partial charge is 0.143 e. The Balaban J connectivity index is 1.48. The molecule has 5 aromatic rings. The molecule has 4 heterocycles. The number of thiophene rings is 4. The molecule has 0 amide bonds. The average molecular weight is 579 g/mol. The molecule has 0 aliphatic rings. The summed E-state index contributed by atoms with van der Waals surface area (Å²) in [7, 11) is 0. The molecule has 0 aliphatic carbocycles. The topological polar surface area (TPSA) is 0 Å². The fourth-order valence-electron chi connectivity index (χ4n) is 5.66. The average Bonchev–Trinajstić information content (AvgIpc) is 3.73. The quantitative estimate of drug-likeness (QED) is 0.102. The maximum atomic E-state index is 2.57. The summed E-state index contributed by atoms with van der Waals surface area (Å²) in [5.74, 6) is 0. The Morgan fingerprint density at radius 2 is 0.947 bits per heavy atom. The van der Waals surface area contributed by atoms with E-state index in [1.54, 1.807) is 11.1 Å². The highest BCUT2D eigenvalue weighted by atomic mass is 32.1. The van der Waals surface area contributed by atoms with Crippen molar-refractivity contribution in [3.8, 4) is 19.5 Å². The molecule has 0 saturated heterocycles. The number of hydrogen-bond donors (Lipinski definition) is 0. The van der Waals surface area contributed by atoms with Crippen LogP contribution in [-0.4, -0.2) is 0 Å². The van der Waals surface area contributed by atoms with Crippen LogP contribution in [0, 0.1) is 0 Å². The van der Waals surface area contributed by atoms with Crippen molar-refractivity contribution in [2.45, 2.75) is 104 Å². The monoisotopic (exact) mass is 578 g/mol. The van der Waals surface area contributed by atoms with Crippen molar-refractivity contribution < 1.29 is 0 Å². The molecule has 0 fully saturated rings. The van der Waals surface area contributed by atoms with Gasteiger partial charge in [0.05, 0.1) is 0 Å². The lowest BCUT2D eigenvalue weighted by atomic mass is 9.99. The lowest BCUT2D eigenvalue weighted by Gasteiger charge is -2.06. The predicted molar refractivity (Wildman–Crippen MR) is 178 cm³/mol. The molecule has 38 heavy (non-hydrogen) atoms. The first-order valence-corrected chi connectivity index (χ1v) is 18.3. The minimum atomic E-state index is 1.21. The van der Waals surface area contributed by atoms with Crippen LogP contribution in [0.5, 0.6) is 0 Å². The van der Waals surface area contributed by atoms with E-state index >= 15 is 0 Å². The molecule has 0 N–H and O–H groups in total. The van der Waals surface area contributed by atoms with Gasteiger partial charge >= 0.3 is 0 Å². The molecular weight excluding hydrogens is 537 g/mol. The third kappa shape index (κ3) is 6.63. The molecule has 0 aliphatic heterocycles. The Kier molecular flexibility index (Phi) is 10.5. The molecule has 1 aromatic carbocycles. The molecule has 4 aromatic heterocycles. The van der Waals surface area contributed by atoms with Crippen molar-refractivity contribution in [2.24, 2.45) is 0 Å². The van der Waals surface area contributed by atoms with Crippen LogP contribution in [0.3, 0.4) is 0 Å². The summed E-state index contributed by atoms with van der Waals surface area (Å²) in [5, 5.41) is 7.51. The highest BCUT2D eigenvalue weighted by Gasteiger charge is 2.20. The second-order valence-corrected chi connectivity index (χ2v) is 14.7. The molecule has 0 nitrogen and oxygen atoms in total. The van der Waals surface area contributed by atoms with Crippen LogP contribution in [0.25, 0.3) is 39.7 Å². The van der Waals surface area contributed by atoms with Crippen LogP contribution < -0.4 is 0 Å². The van der Waals surface area contributed by atoms with Gasteiger partial charge in [0.15, 0.2) is 0 Å². The van der Waals surface area contributed by atoms with Crippen molar-refractivity contribution in [1.29, 1.82) is 0 Å². The number of aryl methyl sites for hydroxylation is 2. The van der Waals surface area contributed by atoms with Crippen LogP contribution >= 0.6 is 45.3 Å². The molecule has 0 radical (unpaired) electrons. The van der Waals surface area contributed by atoms with Crippen LogP contribution in [0.1, 0.15) is 102 Å². The smallest absolute Gasteiger partial charge is 0.0487 e. The number of hydrogen-bond acceptors (Lipinski definition) is 4. The molecular formula is C34H42S4. The van der Waals surface area contributed by atoms with E-state index in [1.807, 2.05) is 45.3 Å². The van der Waals surface area contributed by atoms with Crippen LogP contribution in [0.15, 0.2) is 47.2 Å². The van der Waals surface area contributed by atoms with Crippen molar-refractivity contribution in [1.82, 2.24) is 0 Å². The number of unbranched alkanes of at least 4 members (excludes halogenated alkanes) is 10. The van der Waals surface area contributed by atoms with Crippen molar-refractivity contribution >= 4 is 65.5 Å². The van der Waals surface area contributed by atoms with Gasteiger partial charge in [-0.25, -0.2) is 0 Å². The molecule has 0 unspecified atom stereocenters. The molecule has 5 rings (SSSR count). The van der Waals surface area contributed by atoms with Gasteiger partial charge in [-0.1, -0.05) is 90.2 Å². The Morgan fingerprint density at radius 3 is 1.34 bits per heavy atom. The zero-order valence-corrected chi connectivity index (χ0v) is 26.4. The molecule has 4 heteroatoms. The number of rotatable bonds is 16. The summed E-state index contributed by atoms with van der Waals surface area (Å²) < 4.78 is 2.98. The molecule has 0 bridgehead atoms. The van der Waals surface area contributed by atoms with Gasteiger partial charge in [0.1, 0.15) is 0 Å².